The second-order valence-corrected chi connectivity index (χ2v) is 3.68. The molecular weight excluding hydrogens is 148 g/mol. The predicted octanol–water partition coefficient (Wildman–Crippen LogP) is 0.789. The Morgan fingerprint density at radius 2 is 1.75 bits per heavy atom. The van der Waals surface area contributed by atoms with E-state index in [0.717, 1.165) is 19.3 Å². The smallest absolute Gasteiger partial charge is 0.0681 e. The van der Waals surface area contributed by atoms with Gasteiger partial charge in [-0.15, -0.1) is 0 Å². The lowest BCUT2D eigenvalue weighted by Crippen LogP contribution is -2.53. The molecule has 0 spiro atoms. The molecule has 2 nitrogen and oxygen atoms in total. The Morgan fingerprint density at radius 3 is 2.50 bits per heavy atom. The van der Waals surface area contributed by atoms with E-state index in [1.807, 2.05) is 6.07 Å². The molecule has 2 heteroatoms. The average Bonchev–Trinajstić information content (AvgIpc) is 2.02. The molecule has 0 fully saturated rings. The number of rotatable bonds is 0. The molecule has 0 aromatic heterocycles. The second kappa shape index (κ2) is 2.57. The Labute approximate surface area is 72.6 Å². The van der Waals surface area contributed by atoms with Crippen molar-refractivity contribution in [1.29, 1.82) is 0 Å². The van der Waals surface area contributed by atoms with Gasteiger partial charge in [0.25, 0.3) is 0 Å². The van der Waals surface area contributed by atoms with Crippen LogP contribution in [0.5, 0.6) is 0 Å². The molecule has 0 unspecified atom stereocenters. The van der Waals surface area contributed by atoms with E-state index in [1.54, 1.807) is 0 Å². The molecule has 0 amide bonds. The fraction of sp³-hybridized carbons (Fsp3) is 0.400. The highest BCUT2D eigenvalue weighted by molar-refractivity contribution is 5.31. The summed E-state index contributed by atoms with van der Waals surface area (Å²) in [5.74, 6) is 0. The third kappa shape index (κ3) is 1.36. The quantitative estimate of drug-likeness (QED) is 0.554. The topological polar surface area (TPSA) is 52.0 Å². The van der Waals surface area contributed by atoms with Gasteiger partial charge in [-0.05, 0) is 24.0 Å². The lowest BCUT2D eigenvalue weighted by molar-refractivity contribution is 0.386. The molecule has 4 N–H and O–H groups in total. The summed E-state index contributed by atoms with van der Waals surface area (Å²) in [4.78, 5) is 0. The number of hydrogen-bond acceptors (Lipinski definition) is 2. The molecule has 0 bridgehead atoms. The molecule has 1 aromatic carbocycles. The van der Waals surface area contributed by atoms with Gasteiger partial charge in [-0.25, -0.2) is 0 Å². The fourth-order valence-corrected chi connectivity index (χ4v) is 1.78. The minimum Gasteiger partial charge on any atom is -0.313 e. The lowest BCUT2D eigenvalue weighted by Gasteiger charge is -2.30. The van der Waals surface area contributed by atoms with Crippen LogP contribution in [0.4, 0.5) is 0 Å². The molecule has 12 heavy (non-hydrogen) atoms. The minimum atomic E-state index is -0.478. The summed E-state index contributed by atoms with van der Waals surface area (Å²) >= 11 is 0. The van der Waals surface area contributed by atoms with Gasteiger partial charge in [-0.3, -0.25) is 0 Å². The highest BCUT2D eigenvalue weighted by Gasteiger charge is 2.25. The molecule has 0 saturated heterocycles. The van der Waals surface area contributed by atoms with Crippen LogP contribution in [0.1, 0.15) is 17.5 Å². The van der Waals surface area contributed by atoms with Gasteiger partial charge < -0.3 is 11.5 Å². The van der Waals surface area contributed by atoms with Gasteiger partial charge in [0.05, 0.1) is 5.66 Å². The van der Waals surface area contributed by atoms with Crippen molar-refractivity contribution in [2.24, 2.45) is 11.5 Å². The van der Waals surface area contributed by atoms with E-state index in [0.29, 0.717) is 0 Å². The molecule has 1 aliphatic carbocycles. The van der Waals surface area contributed by atoms with Crippen LogP contribution in [0.25, 0.3) is 0 Å². The van der Waals surface area contributed by atoms with E-state index < -0.39 is 5.66 Å². The van der Waals surface area contributed by atoms with Crippen molar-refractivity contribution in [3.05, 3.63) is 35.4 Å². The minimum absolute atomic E-state index is 0.478. The summed E-state index contributed by atoms with van der Waals surface area (Å²) in [6.07, 6.45) is 2.72. The van der Waals surface area contributed by atoms with Gasteiger partial charge in [-0.1, -0.05) is 24.3 Å². The largest absolute Gasteiger partial charge is 0.313 e. The third-order valence-corrected chi connectivity index (χ3v) is 2.50. The second-order valence-electron chi connectivity index (χ2n) is 3.68. The Hall–Kier alpha value is -0.860. The van der Waals surface area contributed by atoms with Crippen LogP contribution < -0.4 is 11.5 Å². The highest BCUT2D eigenvalue weighted by Crippen LogP contribution is 2.23. The molecule has 0 atom stereocenters. The summed E-state index contributed by atoms with van der Waals surface area (Å²) in [5, 5.41) is 0. The van der Waals surface area contributed by atoms with Gasteiger partial charge in [0.2, 0.25) is 0 Å². The summed E-state index contributed by atoms with van der Waals surface area (Å²) in [7, 11) is 0. The first-order valence-electron chi connectivity index (χ1n) is 4.32. The van der Waals surface area contributed by atoms with Crippen LogP contribution in [-0.2, 0) is 12.8 Å². The van der Waals surface area contributed by atoms with Crippen molar-refractivity contribution >= 4 is 0 Å². The highest BCUT2D eigenvalue weighted by atomic mass is 14.9. The van der Waals surface area contributed by atoms with E-state index in [9.17, 15) is 0 Å². The van der Waals surface area contributed by atoms with Crippen LogP contribution >= 0.6 is 0 Å². The number of aryl methyl sites for hydroxylation is 1. The fourth-order valence-electron chi connectivity index (χ4n) is 1.78. The van der Waals surface area contributed by atoms with E-state index in [4.69, 9.17) is 11.5 Å². The maximum absolute atomic E-state index is 5.87. The van der Waals surface area contributed by atoms with Gasteiger partial charge in [0.1, 0.15) is 0 Å². The molecule has 0 radical (unpaired) electrons. The zero-order valence-corrected chi connectivity index (χ0v) is 7.09. The molecule has 64 valence electrons. The van der Waals surface area contributed by atoms with E-state index in [-0.39, 0.29) is 0 Å². The van der Waals surface area contributed by atoms with Crippen molar-refractivity contribution in [1.82, 2.24) is 0 Å². The molecule has 0 aliphatic heterocycles. The molecule has 0 heterocycles. The summed E-state index contributed by atoms with van der Waals surface area (Å²) in [6, 6.07) is 8.38. The molecule has 2 rings (SSSR count). The molecule has 0 saturated carbocycles. The van der Waals surface area contributed by atoms with E-state index >= 15 is 0 Å². The van der Waals surface area contributed by atoms with Gasteiger partial charge >= 0.3 is 0 Å². The Kier molecular flexibility index (Phi) is 1.67. The number of fused-ring (bicyclic) bond motifs is 1. The maximum atomic E-state index is 5.87. The Morgan fingerprint density at radius 1 is 1.08 bits per heavy atom. The first kappa shape index (κ1) is 7.77. The Balaban J connectivity index is 2.35. The van der Waals surface area contributed by atoms with Crippen LogP contribution in [0, 0.1) is 0 Å². The number of benzene rings is 1. The predicted molar refractivity (Wildman–Crippen MR) is 49.6 cm³/mol. The number of hydrogen-bond donors (Lipinski definition) is 2. The third-order valence-electron chi connectivity index (χ3n) is 2.50. The zero-order chi connectivity index (χ0) is 8.60. The average molecular weight is 162 g/mol. The molecule has 1 aromatic rings. The van der Waals surface area contributed by atoms with Crippen molar-refractivity contribution in [2.45, 2.75) is 24.9 Å². The standard InChI is InChI=1S/C10H14N2/c11-10(12)6-5-8-3-1-2-4-9(8)7-10/h1-4H,5-7,11-12H2. The lowest BCUT2D eigenvalue weighted by atomic mass is 9.85. The van der Waals surface area contributed by atoms with Crippen molar-refractivity contribution in [3.8, 4) is 0 Å². The zero-order valence-electron chi connectivity index (χ0n) is 7.09. The monoisotopic (exact) mass is 162 g/mol. The normalized spacial score (nSPS) is 20.2. The maximum Gasteiger partial charge on any atom is 0.0681 e. The molecule has 1 aliphatic rings. The summed E-state index contributed by atoms with van der Waals surface area (Å²) in [5.41, 5.74) is 14.0. The Bertz CT molecular complexity index is 292. The van der Waals surface area contributed by atoms with E-state index in [1.165, 1.54) is 11.1 Å². The summed E-state index contributed by atoms with van der Waals surface area (Å²) < 4.78 is 0. The van der Waals surface area contributed by atoms with Crippen molar-refractivity contribution in [3.63, 3.8) is 0 Å². The first-order valence-corrected chi connectivity index (χ1v) is 4.32. The number of nitrogens with two attached hydrogens (primary N) is 2. The van der Waals surface area contributed by atoms with Gasteiger partial charge in [-0.2, -0.15) is 0 Å². The van der Waals surface area contributed by atoms with Crippen LogP contribution in [0.2, 0.25) is 0 Å². The first-order chi connectivity index (χ1) is 5.67. The molecular formula is C10H14N2. The van der Waals surface area contributed by atoms with Crippen molar-refractivity contribution in [2.75, 3.05) is 0 Å². The SMILES string of the molecule is NC1(N)CCc2ccccc2C1. The van der Waals surface area contributed by atoms with Crippen LogP contribution in [0.15, 0.2) is 24.3 Å². The van der Waals surface area contributed by atoms with Crippen LogP contribution in [-0.4, -0.2) is 5.66 Å². The van der Waals surface area contributed by atoms with Gasteiger partial charge in [0.15, 0.2) is 0 Å². The van der Waals surface area contributed by atoms with Gasteiger partial charge in [0, 0.05) is 6.42 Å². The van der Waals surface area contributed by atoms with E-state index in [2.05, 4.69) is 18.2 Å². The van der Waals surface area contributed by atoms with Crippen LogP contribution in [0.3, 0.4) is 0 Å². The summed E-state index contributed by atoms with van der Waals surface area (Å²) in [6.45, 7) is 0. The van der Waals surface area contributed by atoms with Crippen molar-refractivity contribution < 1.29 is 0 Å².